The van der Waals surface area contributed by atoms with Crippen molar-refractivity contribution in [2.45, 2.75) is 97.5 Å². The molecule has 0 aromatic heterocycles. The molecule has 0 bridgehead atoms. The lowest BCUT2D eigenvalue weighted by molar-refractivity contribution is -0.440. The van der Waals surface area contributed by atoms with E-state index >= 15 is 0 Å². The zero-order valence-electron chi connectivity index (χ0n) is 21.0. The second-order valence-electron chi connectivity index (χ2n) is 8.78. The molecule has 0 saturated heterocycles. The minimum absolute atomic E-state index is 0.538. The molecule has 0 rings (SSSR count). The molecule has 2 atom stereocenters. The van der Waals surface area contributed by atoms with Gasteiger partial charge in [-0.05, 0) is 13.8 Å². The van der Waals surface area contributed by atoms with Crippen molar-refractivity contribution in [2.75, 3.05) is 0 Å². The fourth-order valence-electron chi connectivity index (χ4n) is 2.61. The van der Waals surface area contributed by atoms with Gasteiger partial charge in [0.05, 0.1) is 0 Å². The van der Waals surface area contributed by atoms with Gasteiger partial charge in [0, 0.05) is 12.4 Å². The first kappa shape index (κ1) is 43.5. The number of alkyl halides is 26. The Hall–Kier alpha value is -2.48. The first-order valence-electron chi connectivity index (χ1n) is 10.5. The second-order valence-corrected chi connectivity index (χ2v) is 8.78. The summed E-state index contributed by atoms with van der Waals surface area (Å²) in [5.74, 6) is -79.1. The van der Waals surface area contributed by atoms with E-state index in [1.54, 1.807) is 0 Å². The predicted octanol–water partition coefficient (Wildman–Crippen LogP) is 9.38. The average Bonchev–Trinajstić information content (AvgIpc) is 2.83. The first-order valence-corrected chi connectivity index (χ1v) is 10.5. The van der Waals surface area contributed by atoms with Crippen molar-refractivity contribution in [3.63, 3.8) is 0 Å². The van der Waals surface area contributed by atoms with Crippen LogP contribution in [0.4, 0.5) is 114 Å². The third-order valence-corrected chi connectivity index (χ3v) is 5.65. The molecule has 46 heavy (non-hydrogen) atoms. The molecule has 0 aromatic carbocycles. The third-order valence-electron chi connectivity index (χ3n) is 5.65. The molecule has 0 N–H and O–H groups in total. The monoisotopic (exact) mass is 748 g/mol. The molecule has 0 fully saturated rings. The Labute approximate surface area is 235 Å². The summed E-state index contributed by atoms with van der Waals surface area (Å²) < 4.78 is 341. The highest BCUT2D eigenvalue weighted by Gasteiger charge is 2.92. The fraction of sp³-hybridized carbons (Fsp3) is 0.889. The van der Waals surface area contributed by atoms with Gasteiger partial charge >= 0.3 is 71.6 Å². The Morgan fingerprint density at radius 3 is 0.652 bits per heavy atom. The minimum atomic E-state index is -8.33. The van der Waals surface area contributed by atoms with Crippen LogP contribution >= 0.6 is 0 Å². The highest BCUT2D eigenvalue weighted by atomic mass is 19.4. The summed E-state index contributed by atoms with van der Waals surface area (Å²) in [6, 6.07) is -8.06. The van der Waals surface area contributed by atoms with Gasteiger partial charge in [0.25, 0.3) is 0 Å². The normalized spacial score (nSPS) is 18.1. The Balaban J connectivity index is 6.41. The van der Waals surface area contributed by atoms with E-state index in [0.717, 1.165) is 0 Å². The Morgan fingerprint density at radius 1 is 0.304 bits per heavy atom. The van der Waals surface area contributed by atoms with E-state index in [2.05, 4.69) is 0 Å². The number of rotatable bonds is 13. The SMILES string of the molecule is CC(N=CC=NC(C)C(F)(F)C(F)(F)C(F)(F)C(F)(F)C(F)(F)C(F)(F)F)C(F)(F)C(F)(F)C(F)(F)C(F)(F)C(F)(F)C(F)(F)F. The van der Waals surface area contributed by atoms with E-state index in [-0.39, 0.29) is 0 Å². The number of nitrogens with zero attached hydrogens (tertiary/aromatic N) is 2. The molecule has 28 heteroatoms. The first-order chi connectivity index (χ1) is 19.5. The van der Waals surface area contributed by atoms with Crippen molar-refractivity contribution in [1.82, 2.24) is 0 Å². The molecule has 0 heterocycles. The van der Waals surface area contributed by atoms with E-state index in [9.17, 15) is 114 Å². The molecule has 0 aromatic rings. The number of aliphatic imine (C=N–C) groups is 2. The topological polar surface area (TPSA) is 24.7 Å². The molecular formula is C18H10F26N2. The van der Waals surface area contributed by atoms with Crippen molar-refractivity contribution in [2.24, 2.45) is 9.98 Å². The van der Waals surface area contributed by atoms with Crippen molar-refractivity contribution in [3.05, 3.63) is 0 Å². The molecule has 2 unspecified atom stereocenters. The fourth-order valence-corrected chi connectivity index (χ4v) is 2.61. The van der Waals surface area contributed by atoms with Gasteiger partial charge in [0.1, 0.15) is 12.1 Å². The average molecular weight is 748 g/mol. The summed E-state index contributed by atoms with van der Waals surface area (Å²) in [6.45, 7) is -1.08. The van der Waals surface area contributed by atoms with Crippen LogP contribution in [0.2, 0.25) is 0 Å². The molecule has 274 valence electrons. The molecule has 0 aliphatic heterocycles. The molecular weight excluding hydrogens is 738 g/mol. The van der Waals surface area contributed by atoms with Crippen LogP contribution in [0, 0.1) is 0 Å². The van der Waals surface area contributed by atoms with Crippen LogP contribution in [0.15, 0.2) is 9.98 Å². The van der Waals surface area contributed by atoms with Gasteiger partial charge in [-0.1, -0.05) is 0 Å². The second kappa shape index (κ2) is 11.6. The zero-order valence-corrected chi connectivity index (χ0v) is 21.0. The van der Waals surface area contributed by atoms with Gasteiger partial charge < -0.3 is 0 Å². The van der Waals surface area contributed by atoms with E-state index in [4.69, 9.17) is 0 Å². The van der Waals surface area contributed by atoms with Crippen molar-refractivity contribution >= 4 is 12.4 Å². The summed E-state index contributed by atoms with van der Waals surface area (Å²) in [5.41, 5.74) is 0. The molecule has 0 radical (unpaired) electrons. The Bertz CT molecular complexity index is 1040. The summed E-state index contributed by atoms with van der Waals surface area (Å²) in [5, 5.41) is 0. The van der Waals surface area contributed by atoms with Crippen molar-refractivity contribution < 1.29 is 114 Å². The number of halogens is 26. The third kappa shape index (κ3) is 6.01. The molecule has 0 amide bonds. The highest BCUT2D eigenvalue weighted by Crippen LogP contribution is 2.62. The van der Waals surface area contributed by atoms with Crippen LogP contribution in [0.1, 0.15) is 13.8 Å². The van der Waals surface area contributed by atoms with E-state index in [0.29, 0.717) is 0 Å². The highest BCUT2D eigenvalue weighted by molar-refractivity contribution is 6.16. The maximum Gasteiger partial charge on any atom is 0.460 e. The maximum absolute atomic E-state index is 13.9. The van der Waals surface area contributed by atoms with Crippen LogP contribution in [-0.4, -0.2) is 96.1 Å². The van der Waals surface area contributed by atoms with Gasteiger partial charge in [-0.25, -0.2) is 0 Å². The van der Waals surface area contributed by atoms with Gasteiger partial charge in [-0.3, -0.25) is 9.98 Å². The quantitative estimate of drug-likeness (QED) is 0.133. The standard InChI is InChI=1S/C18H10F26N2/c1-5(7(19,20)9(23,24)11(27,28)13(31,32)15(35,36)17(39,40)41)45-3-4-46-6(2)8(21,22)10(25,26)12(29,30)14(33,34)16(37,38)18(42,43)44/h3-6H,1-2H3. The van der Waals surface area contributed by atoms with E-state index in [1.165, 1.54) is 0 Å². The summed E-state index contributed by atoms with van der Waals surface area (Å²) in [4.78, 5) is 4.03. The van der Waals surface area contributed by atoms with E-state index in [1.807, 2.05) is 9.98 Å². The summed E-state index contributed by atoms with van der Waals surface area (Å²) in [7, 11) is 0. The van der Waals surface area contributed by atoms with Gasteiger partial charge in [-0.15, -0.1) is 0 Å². The number of hydrogen-bond donors (Lipinski definition) is 0. The smallest absolute Gasteiger partial charge is 0.282 e. The van der Waals surface area contributed by atoms with Crippen LogP contribution in [0.5, 0.6) is 0 Å². The molecule has 0 spiro atoms. The Morgan fingerprint density at radius 2 is 0.478 bits per heavy atom. The molecule has 0 saturated carbocycles. The van der Waals surface area contributed by atoms with E-state index < -0.39 is 110 Å². The van der Waals surface area contributed by atoms with Crippen molar-refractivity contribution in [1.29, 1.82) is 0 Å². The minimum Gasteiger partial charge on any atom is -0.282 e. The largest absolute Gasteiger partial charge is 0.460 e. The van der Waals surface area contributed by atoms with Crippen LogP contribution in [0.25, 0.3) is 0 Å². The molecule has 0 aliphatic carbocycles. The summed E-state index contributed by atoms with van der Waals surface area (Å²) in [6.07, 6.45) is -17.0. The lowest BCUT2D eigenvalue weighted by atomic mass is 9.91. The van der Waals surface area contributed by atoms with Crippen LogP contribution < -0.4 is 0 Å². The van der Waals surface area contributed by atoms with Crippen molar-refractivity contribution in [3.8, 4) is 0 Å². The molecule has 2 nitrogen and oxygen atoms in total. The van der Waals surface area contributed by atoms with Crippen LogP contribution in [-0.2, 0) is 0 Å². The zero-order chi connectivity index (χ0) is 38.0. The predicted molar refractivity (Wildman–Crippen MR) is 97.5 cm³/mol. The van der Waals surface area contributed by atoms with Crippen LogP contribution in [0.3, 0.4) is 0 Å². The Kier molecular flexibility index (Phi) is 11.0. The van der Waals surface area contributed by atoms with Gasteiger partial charge in [-0.2, -0.15) is 114 Å². The summed E-state index contributed by atoms with van der Waals surface area (Å²) >= 11 is 0. The maximum atomic E-state index is 13.9. The number of hydrogen-bond acceptors (Lipinski definition) is 2. The lowest BCUT2D eigenvalue weighted by Crippen LogP contribution is -2.71. The van der Waals surface area contributed by atoms with Gasteiger partial charge in [0.2, 0.25) is 0 Å². The molecule has 0 aliphatic rings. The lowest BCUT2D eigenvalue weighted by Gasteiger charge is -2.40. The van der Waals surface area contributed by atoms with Gasteiger partial charge in [0.15, 0.2) is 0 Å².